The Kier molecular flexibility index (Phi) is 3.74. The largest absolute Gasteiger partial charge is 0.339 e. The number of rotatable bonds is 5. The standard InChI is InChI=1S/C14H15N5O2/c1-9-16-13(21-19-9)6-7-15-8-12-17-11-5-3-2-4-10(11)14(20)18-12/h2-5,15H,6-8H2,1H3,(H,17,18,20). The molecule has 0 saturated carbocycles. The van der Waals surface area contributed by atoms with Gasteiger partial charge >= 0.3 is 0 Å². The van der Waals surface area contributed by atoms with E-state index >= 15 is 0 Å². The zero-order valence-electron chi connectivity index (χ0n) is 11.6. The highest BCUT2D eigenvalue weighted by molar-refractivity contribution is 5.77. The van der Waals surface area contributed by atoms with Gasteiger partial charge in [0.2, 0.25) is 5.89 Å². The van der Waals surface area contributed by atoms with Crippen LogP contribution in [0.25, 0.3) is 10.9 Å². The number of nitrogens with zero attached hydrogens (tertiary/aromatic N) is 3. The molecule has 2 aromatic heterocycles. The molecule has 0 saturated heterocycles. The van der Waals surface area contributed by atoms with Gasteiger partial charge in [-0.25, -0.2) is 4.98 Å². The van der Waals surface area contributed by atoms with Gasteiger partial charge in [0.05, 0.1) is 17.4 Å². The first kappa shape index (κ1) is 13.4. The van der Waals surface area contributed by atoms with Crippen LogP contribution < -0.4 is 10.9 Å². The second-order valence-electron chi connectivity index (χ2n) is 4.69. The van der Waals surface area contributed by atoms with Gasteiger partial charge in [-0.3, -0.25) is 4.79 Å². The summed E-state index contributed by atoms with van der Waals surface area (Å²) in [6.07, 6.45) is 0.638. The molecule has 21 heavy (non-hydrogen) atoms. The van der Waals surface area contributed by atoms with Crippen LogP contribution >= 0.6 is 0 Å². The maximum Gasteiger partial charge on any atom is 0.258 e. The lowest BCUT2D eigenvalue weighted by molar-refractivity contribution is 0.372. The molecule has 0 aliphatic heterocycles. The molecule has 0 amide bonds. The number of fused-ring (bicyclic) bond motifs is 1. The van der Waals surface area contributed by atoms with E-state index < -0.39 is 0 Å². The fourth-order valence-electron chi connectivity index (χ4n) is 2.06. The quantitative estimate of drug-likeness (QED) is 0.677. The van der Waals surface area contributed by atoms with Crippen molar-refractivity contribution >= 4 is 10.9 Å². The molecule has 3 aromatic rings. The Hall–Kier alpha value is -2.54. The maximum atomic E-state index is 11.9. The molecular weight excluding hydrogens is 270 g/mol. The SMILES string of the molecule is Cc1noc(CCNCc2nc3ccccc3c(=O)[nH]2)n1. The summed E-state index contributed by atoms with van der Waals surface area (Å²) in [6, 6.07) is 7.28. The number of aryl methyl sites for hydroxylation is 1. The van der Waals surface area contributed by atoms with E-state index in [-0.39, 0.29) is 5.56 Å². The van der Waals surface area contributed by atoms with Crippen molar-refractivity contribution in [2.45, 2.75) is 19.9 Å². The third-order valence-corrected chi connectivity index (χ3v) is 3.04. The third-order valence-electron chi connectivity index (χ3n) is 3.04. The fourth-order valence-corrected chi connectivity index (χ4v) is 2.06. The molecule has 3 rings (SSSR count). The number of aromatic amines is 1. The first-order chi connectivity index (χ1) is 10.2. The van der Waals surface area contributed by atoms with Crippen LogP contribution in [0.2, 0.25) is 0 Å². The molecule has 2 heterocycles. The zero-order chi connectivity index (χ0) is 14.7. The highest BCUT2D eigenvalue weighted by atomic mass is 16.5. The van der Waals surface area contributed by atoms with Crippen molar-refractivity contribution in [2.24, 2.45) is 0 Å². The molecule has 0 aliphatic carbocycles. The number of nitrogens with one attached hydrogen (secondary N) is 2. The second-order valence-corrected chi connectivity index (χ2v) is 4.69. The minimum atomic E-state index is -0.120. The lowest BCUT2D eigenvalue weighted by Gasteiger charge is -2.04. The van der Waals surface area contributed by atoms with E-state index in [1.807, 2.05) is 18.2 Å². The summed E-state index contributed by atoms with van der Waals surface area (Å²) in [5.41, 5.74) is 0.579. The fraction of sp³-hybridized carbons (Fsp3) is 0.286. The van der Waals surface area contributed by atoms with E-state index in [4.69, 9.17) is 4.52 Å². The van der Waals surface area contributed by atoms with Crippen LogP contribution in [0.15, 0.2) is 33.6 Å². The van der Waals surface area contributed by atoms with Crippen molar-refractivity contribution in [1.82, 2.24) is 25.4 Å². The Balaban J connectivity index is 1.61. The highest BCUT2D eigenvalue weighted by Gasteiger charge is 2.04. The average Bonchev–Trinajstić information content (AvgIpc) is 2.89. The number of hydrogen-bond donors (Lipinski definition) is 2. The third kappa shape index (κ3) is 3.14. The van der Waals surface area contributed by atoms with Crippen LogP contribution in [-0.2, 0) is 13.0 Å². The number of para-hydroxylation sites is 1. The smallest absolute Gasteiger partial charge is 0.258 e. The summed E-state index contributed by atoms with van der Waals surface area (Å²) in [4.78, 5) is 23.2. The molecule has 0 spiro atoms. The van der Waals surface area contributed by atoms with E-state index in [0.29, 0.717) is 48.0 Å². The summed E-state index contributed by atoms with van der Waals surface area (Å²) < 4.78 is 5.02. The molecule has 7 nitrogen and oxygen atoms in total. The van der Waals surface area contributed by atoms with Gasteiger partial charge in [-0.2, -0.15) is 4.98 Å². The minimum absolute atomic E-state index is 0.120. The summed E-state index contributed by atoms with van der Waals surface area (Å²) in [6.45, 7) is 2.93. The second kappa shape index (κ2) is 5.84. The van der Waals surface area contributed by atoms with Gasteiger partial charge in [-0.05, 0) is 19.1 Å². The first-order valence-electron chi connectivity index (χ1n) is 6.70. The normalized spacial score (nSPS) is 11.1. The van der Waals surface area contributed by atoms with Crippen molar-refractivity contribution in [2.75, 3.05) is 6.54 Å². The van der Waals surface area contributed by atoms with Crippen molar-refractivity contribution < 1.29 is 4.52 Å². The van der Waals surface area contributed by atoms with Crippen LogP contribution in [0.3, 0.4) is 0 Å². The van der Waals surface area contributed by atoms with Gasteiger partial charge in [-0.1, -0.05) is 17.3 Å². The molecule has 0 atom stereocenters. The van der Waals surface area contributed by atoms with E-state index in [9.17, 15) is 4.79 Å². The lowest BCUT2D eigenvalue weighted by atomic mass is 10.2. The average molecular weight is 285 g/mol. The summed E-state index contributed by atoms with van der Waals surface area (Å²) in [5.74, 6) is 1.84. The highest BCUT2D eigenvalue weighted by Crippen LogP contribution is 2.05. The van der Waals surface area contributed by atoms with E-state index in [2.05, 4.69) is 25.4 Å². The van der Waals surface area contributed by atoms with Crippen LogP contribution in [0.5, 0.6) is 0 Å². The van der Waals surface area contributed by atoms with Gasteiger partial charge in [0.15, 0.2) is 5.82 Å². The molecular formula is C14H15N5O2. The van der Waals surface area contributed by atoms with Crippen molar-refractivity contribution in [3.8, 4) is 0 Å². The maximum absolute atomic E-state index is 11.9. The van der Waals surface area contributed by atoms with Gasteiger partial charge in [0, 0.05) is 13.0 Å². The summed E-state index contributed by atoms with van der Waals surface area (Å²) in [5, 5.41) is 7.52. The molecule has 0 aliphatic rings. The summed E-state index contributed by atoms with van der Waals surface area (Å²) in [7, 11) is 0. The predicted octanol–water partition coefficient (Wildman–Crippen LogP) is 0.947. The van der Waals surface area contributed by atoms with Gasteiger partial charge in [0.25, 0.3) is 5.56 Å². The van der Waals surface area contributed by atoms with E-state index in [1.54, 1.807) is 13.0 Å². The van der Waals surface area contributed by atoms with Crippen LogP contribution in [-0.4, -0.2) is 26.7 Å². The Bertz CT molecular complexity index is 808. The van der Waals surface area contributed by atoms with Gasteiger partial charge < -0.3 is 14.8 Å². The molecule has 0 unspecified atom stereocenters. The molecule has 1 aromatic carbocycles. The van der Waals surface area contributed by atoms with Crippen LogP contribution in [0.1, 0.15) is 17.5 Å². The van der Waals surface area contributed by atoms with Crippen molar-refractivity contribution in [3.63, 3.8) is 0 Å². The lowest BCUT2D eigenvalue weighted by Crippen LogP contribution is -2.21. The summed E-state index contributed by atoms with van der Waals surface area (Å²) >= 11 is 0. The zero-order valence-corrected chi connectivity index (χ0v) is 11.6. The van der Waals surface area contributed by atoms with Crippen molar-refractivity contribution in [3.05, 3.63) is 52.2 Å². The Morgan fingerprint density at radius 3 is 2.95 bits per heavy atom. The molecule has 108 valence electrons. The first-order valence-corrected chi connectivity index (χ1v) is 6.70. The number of benzene rings is 1. The Morgan fingerprint density at radius 1 is 1.29 bits per heavy atom. The van der Waals surface area contributed by atoms with Crippen LogP contribution in [0, 0.1) is 6.92 Å². The van der Waals surface area contributed by atoms with E-state index in [1.165, 1.54) is 0 Å². The van der Waals surface area contributed by atoms with Gasteiger partial charge in [0.1, 0.15) is 5.82 Å². The topological polar surface area (TPSA) is 96.7 Å². The number of H-pyrrole nitrogens is 1. The van der Waals surface area contributed by atoms with Crippen LogP contribution in [0.4, 0.5) is 0 Å². The molecule has 2 N–H and O–H groups in total. The molecule has 0 bridgehead atoms. The Morgan fingerprint density at radius 2 is 2.14 bits per heavy atom. The monoisotopic (exact) mass is 285 g/mol. The Labute approximate surface area is 120 Å². The number of aromatic nitrogens is 4. The molecule has 7 heteroatoms. The predicted molar refractivity (Wildman–Crippen MR) is 76.8 cm³/mol. The molecule has 0 radical (unpaired) electrons. The van der Waals surface area contributed by atoms with Gasteiger partial charge in [-0.15, -0.1) is 0 Å². The minimum Gasteiger partial charge on any atom is -0.339 e. The molecule has 0 fully saturated rings. The van der Waals surface area contributed by atoms with E-state index in [0.717, 1.165) is 0 Å². The van der Waals surface area contributed by atoms with Crippen molar-refractivity contribution in [1.29, 1.82) is 0 Å². The number of hydrogen-bond acceptors (Lipinski definition) is 6.